The Morgan fingerprint density at radius 2 is 1.88 bits per heavy atom. The number of nitrogens with one attached hydrogen (secondary N) is 2. The van der Waals surface area contributed by atoms with Crippen LogP contribution in [0.5, 0.6) is 5.75 Å². The highest BCUT2D eigenvalue weighted by Gasteiger charge is 2.38. The number of aryl methyl sites for hydroxylation is 1. The molecule has 0 unspecified atom stereocenters. The monoisotopic (exact) mass is 491 g/mol. The summed E-state index contributed by atoms with van der Waals surface area (Å²) >= 11 is 7.46. The molecule has 1 aliphatic rings. The van der Waals surface area contributed by atoms with E-state index in [2.05, 4.69) is 20.9 Å². The number of carbonyl (C=O) groups excluding carboxylic acids is 1. The van der Waals surface area contributed by atoms with Gasteiger partial charge in [0.15, 0.2) is 5.82 Å². The molecule has 1 amide bonds. The maximum Gasteiger partial charge on any atom is 0.240 e. The highest BCUT2D eigenvalue weighted by molar-refractivity contribution is 8.00. The van der Waals surface area contributed by atoms with Crippen molar-refractivity contribution in [2.24, 2.45) is 0 Å². The van der Waals surface area contributed by atoms with Crippen molar-refractivity contribution in [3.63, 3.8) is 0 Å². The van der Waals surface area contributed by atoms with Crippen LogP contribution in [0.2, 0.25) is 5.02 Å². The van der Waals surface area contributed by atoms with Crippen molar-refractivity contribution in [3.05, 3.63) is 101 Å². The first kappa shape index (κ1) is 22.3. The normalized spacial score (nSPS) is 16.9. The molecule has 0 aliphatic carbocycles. The predicted octanol–water partition coefficient (Wildman–Crippen LogP) is 5.22. The molecule has 0 bridgehead atoms. The Balaban J connectivity index is 1.42. The second-order valence-electron chi connectivity index (χ2n) is 7.89. The smallest absolute Gasteiger partial charge is 0.240 e. The van der Waals surface area contributed by atoms with E-state index in [9.17, 15) is 4.79 Å². The van der Waals surface area contributed by atoms with Gasteiger partial charge in [0.2, 0.25) is 11.1 Å². The third-order valence-corrected chi connectivity index (χ3v) is 6.85. The summed E-state index contributed by atoms with van der Waals surface area (Å²) in [6, 6.07) is 24.5. The quantitative estimate of drug-likeness (QED) is 0.385. The van der Waals surface area contributed by atoms with Gasteiger partial charge in [0.25, 0.3) is 0 Å². The first-order chi connectivity index (χ1) is 16.6. The predicted molar refractivity (Wildman–Crippen MR) is 134 cm³/mol. The number of rotatable bonds is 6. The van der Waals surface area contributed by atoms with Gasteiger partial charge in [-0.25, -0.2) is 4.68 Å². The van der Waals surface area contributed by atoms with E-state index in [-0.39, 0.29) is 18.6 Å². The zero-order valence-electron chi connectivity index (χ0n) is 18.3. The summed E-state index contributed by atoms with van der Waals surface area (Å²) in [5.74, 6) is 1.22. The summed E-state index contributed by atoms with van der Waals surface area (Å²) in [6.45, 7) is 2.28. The Bertz CT molecular complexity index is 1300. The molecule has 0 spiro atoms. The van der Waals surface area contributed by atoms with Crippen LogP contribution >= 0.6 is 23.4 Å². The molecule has 0 saturated heterocycles. The van der Waals surface area contributed by atoms with Crippen LogP contribution in [0.15, 0.2) is 84.0 Å². The van der Waals surface area contributed by atoms with Gasteiger partial charge in [-0.1, -0.05) is 77.5 Å². The molecule has 5 rings (SSSR count). The van der Waals surface area contributed by atoms with Gasteiger partial charge in [0.05, 0.1) is 6.04 Å². The maximum absolute atomic E-state index is 13.4. The number of anilines is 1. The number of thioether (sulfide) groups is 1. The van der Waals surface area contributed by atoms with E-state index in [0.717, 1.165) is 16.9 Å². The SMILES string of the molecule is Cc1ccc([C@@H]2Nn3c(COc4ccccc4)nnc3S[C@H]2C(=O)Nc2cccc(Cl)c2)cc1. The van der Waals surface area contributed by atoms with Crippen LogP contribution in [-0.2, 0) is 11.4 Å². The summed E-state index contributed by atoms with van der Waals surface area (Å²) in [5.41, 5.74) is 6.23. The van der Waals surface area contributed by atoms with Crippen LogP contribution in [0.3, 0.4) is 0 Å². The van der Waals surface area contributed by atoms with Crippen molar-refractivity contribution >= 4 is 35.0 Å². The molecule has 0 saturated carbocycles. The summed E-state index contributed by atoms with van der Waals surface area (Å²) in [6.07, 6.45) is 0. The zero-order chi connectivity index (χ0) is 23.5. The molecule has 1 aromatic heterocycles. The van der Waals surface area contributed by atoms with Crippen molar-refractivity contribution in [1.82, 2.24) is 14.9 Å². The van der Waals surface area contributed by atoms with E-state index >= 15 is 0 Å². The number of aromatic nitrogens is 3. The molecule has 34 heavy (non-hydrogen) atoms. The second kappa shape index (κ2) is 9.79. The molecule has 0 fully saturated rings. The van der Waals surface area contributed by atoms with Crippen LogP contribution in [0.25, 0.3) is 0 Å². The fourth-order valence-corrected chi connectivity index (χ4v) is 4.95. The van der Waals surface area contributed by atoms with Gasteiger partial charge < -0.3 is 15.5 Å². The summed E-state index contributed by atoms with van der Waals surface area (Å²) in [5, 5.41) is 12.3. The van der Waals surface area contributed by atoms with E-state index in [1.54, 1.807) is 22.9 Å². The maximum atomic E-state index is 13.4. The van der Waals surface area contributed by atoms with Crippen molar-refractivity contribution in [2.45, 2.75) is 30.0 Å². The Morgan fingerprint density at radius 3 is 2.65 bits per heavy atom. The lowest BCUT2D eigenvalue weighted by atomic mass is 10.0. The molecule has 0 radical (unpaired) electrons. The van der Waals surface area contributed by atoms with E-state index < -0.39 is 5.25 Å². The lowest BCUT2D eigenvalue weighted by Crippen LogP contribution is -2.41. The molecule has 2 N–H and O–H groups in total. The molecule has 172 valence electrons. The summed E-state index contributed by atoms with van der Waals surface area (Å²) in [4.78, 5) is 13.4. The Kier molecular flexibility index (Phi) is 6.42. The number of nitrogens with zero attached hydrogens (tertiary/aromatic N) is 3. The number of hydrogen-bond acceptors (Lipinski definition) is 6. The van der Waals surface area contributed by atoms with Gasteiger partial charge in [-0.3, -0.25) is 4.79 Å². The van der Waals surface area contributed by atoms with Gasteiger partial charge in [-0.15, -0.1) is 10.2 Å². The molecule has 7 nitrogen and oxygen atoms in total. The Hall–Kier alpha value is -3.49. The summed E-state index contributed by atoms with van der Waals surface area (Å²) in [7, 11) is 0. The van der Waals surface area contributed by atoms with Gasteiger partial charge in [-0.2, -0.15) is 0 Å². The second-order valence-corrected chi connectivity index (χ2v) is 9.44. The Labute approximate surface area is 206 Å². The van der Waals surface area contributed by atoms with E-state index in [0.29, 0.717) is 21.7 Å². The Morgan fingerprint density at radius 1 is 1.09 bits per heavy atom. The van der Waals surface area contributed by atoms with Crippen molar-refractivity contribution in [1.29, 1.82) is 0 Å². The number of halogens is 1. The standard InChI is InChI=1S/C25H22ClN5O2S/c1-16-10-12-17(13-11-16)22-23(24(32)27-19-7-5-6-18(26)14-19)34-25-29-28-21(31(25)30-22)15-33-20-8-3-2-4-9-20/h2-14,22-23,30H,15H2,1H3,(H,27,32)/t22-,23+/m0/s1. The number of hydrogen-bond donors (Lipinski definition) is 2. The highest BCUT2D eigenvalue weighted by atomic mass is 35.5. The van der Waals surface area contributed by atoms with Gasteiger partial charge in [0, 0.05) is 10.7 Å². The number of amides is 1. The van der Waals surface area contributed by atoms with Gasteiger partial charge in [-0.05, 0) is 42.8 Å². The number of para-hydroxylation sites is 1. The number of fused-ring (bicyclic) bond motifs is 1. The zero-order valence-corrected chi connectivity index (χ0v) is 19.9. The molecule has 3 aromatic carbocycles. The van der Waals surface area contributed by atoms with Crippen molar-refractivity contribution in [3.8, 4) is 5.75 Å². The topological polar surface area (TPSA) is 81.1 Å². The highest BCUT2D eigenvalue weighted by Crippen LogP contribution is 2.38. The third kappa shape index (κ3) is 4.88. The third-order valence-electron chi connectivity index (χ3n) is 5.40. The van der Waals surface area contributed by atoms with E-state index in [1.807, 2.05) is 67.6 Å². The molecule has 1 aliphatic heterocycles. The average Bonchev–Trinajstić information content (AvgIpc) is 3.25. The molecular formula is C25H22ClN5O2S. The average molecular weight is 492 g/mol. The van der Waals surface area contributed by atoms with Crippen LogP contribution in [0.1, 0.15) is 23.0 Å². The lowest BCUT2D eigenvalue weighted by Gasteiger charge is -2.33. The minimum Gasteiger partial charge on any atom is -0.486 e. The molecule has 2 heterocycles. The van der Waals surface area contributed by atoms with Crippen molar-refractivity contribution < 1.29 is 9.53 Å². The number of ether oxygens (including phenoxy) is 1. The molecule has 2 atom stereocenters. The molecule has 9 heteroatoms. The van der Waals surface area contributed by atoms with Crippen LogP contribution in [0.4, 0.5) is 5.69 Å². The fraction of sp³-hybridized carbons (Fsp3) is 0.160. The summed E-state index contributed by atoms with van der Waals surface area (Å²) < 4.78 is 7.68. The number of carbonyl (C=O) groups is 1. The largest absolute Gasteiger partial charge is 0.486 e. The van der Waals surface area contributed by atoms with Crippen molar-refractivity contribution in [2.75, 3.05) is 10.7 Å². The van der Waals surface area contributed by atoms with Gasteiger partial charge >= 0.3 is 0 Å². The van der Waals surface area contributed by atoms with Crippen LogP contribution in [-0.4, -0.2) is 26.0 Å². The number of benzene rings is 3. The van der Waals surface area contributed by atoms with Gasteiger partial charge in [0.1, 0.15) is 17.6 Å². The fourth-order valence-electron chi connectivity index (χ4n) is 3.66. The van der Waals surface area contributed by atoms with Crippen LogP contribution in [0, 0.1) is 6.92 Å². The minimum atomic E-state index is -0.485. The minimum absolute atomic E-state index is 0.151. The lowest BCUT2D eigenvalue weighted by molar-refractivity contribution is -0.116. The van der Waals surface area contributed by atoms with E-state index in [4.69, 9.17) is 16.3 Å². The first-order valence-electron chi connectivity index (χ1n) is 10.8. The van der Waals surface area contributed by atoms with E-state index in [1.165, 1.54) is 11.8 Å². The molecular weight excluding hydrogens is 470 g/mol. The first-order valence-corrected chi connectivity index (χ1v) is 12.0. The van der Waals surface area contributed by atoms with Crippen LogP contribution < -0.4 is 15.5 Å². The molecule has 4 aromatic rings.